The first-order valence-electron chi connectivity index (χ1n) is 7.41. The van der Waals surface area contributed by atoms with Crippen LogP contribution in [0.15, 0.2) is 36.5 Å². The number of β-amino-alcohol motifs (C(OH)–C–C–N with tert-alkyl or cyclic N) is 1. The number of hydrogen-bond acceptors (Lipinski definition) is 3. The second kappa shape index (κ2) is 5.94. The molecule has 0 spiro atoms. The summed E-state index contributed by atoms with van der Waals surface area (Å²) in [5.41, 5.74) is 0.186. The zero-order valence-corrected chi connectivity index (χ0v) is 12.9. The summed E-state index contributed by atoms with van der Waals surface area (Å²) >= 11 is 0. The van der Waals surface area contributed by atoms with E-state index in [1.165, 1.54) is 27.9 Å². The fraction of sp³-hybridized carbons (Fsp3) is 0.375. The van der Waals surface area contributed by atoms with E-state index >= 15 is 0 Å². The van der Waals surface area contributed by atoms with Gasteiger partial charge in [0.05, 0.1) is 17.7 Å². The van der Waals surface area contributed by atoms with Gasteiger partial charge in [-0.2, -0.15) is 18.3 Å². The number of rotatable bonds is 2. The van der Waals surface area contributed by atoms with Crippen molar-refractivity contribution < 1.29 is 23.1 Å². The third kappa shape index (κ3) is 3.01. The molecule has 3 rings (SSSR count). The molecule has 0 bridgehead atoms. The van der Waals surface area contributed by atoms with Crippen LogP contribution in [0.4, 0.5) is 13.2 Å². The molecule has 2 aromatic rings. The summed E-state index contributed by atoms with van der Waals surface area (Å²) in [6.45, 7) is 0.135. The van der Waals surface area contributed by atoms with Crippen LogP contribution < -0.4 is 0 Å². The van der Waals surface area contributed by atoms with E-state index in [1.807, 2.05) is 0 Å². The number of carbonyl (C=O) groups excluding carboxylic acids is 1. The second-order valence-corrected chi connectivity index (χ2v) is 5.82. The quantitative estimate of drug-likeness (QED) is 0.914. The Hall–Kier alpha value is -2.35. The van der Waals surface area contributed by atoms with Crippen molar-refractivity contribution in [3.05, 3.63) is 53.3 Å². The maximum Gasteiger partial charge on any atom is 0.416 e. The fourth-order valence-electron chi connectivity index (χ4n) is 2.98. The topological polar surface area (TPSA) is 58.4 Å². The highest BCUT2D eigenvalue weighted by atomic mass is 19.4. The predicted molar refractivity (Wildman–Crippen MR) is 79.1 cm³/mol. The Kier molecular flexibility index (Phi) is 4.08. The van der Waals surface area contributed by atoms with E-state index in [9.17, 15) is 23.1 Å². The van der Waals surface area contributed by atoms with Crippen molar-refractivity contribution in [1.29, 1.82) is 0 Å². The average Bonchev–Trinajstić information content (AvgIpc) is 3.12. The van der Waals surface area contributed by atoms with Crippen molar-refractivity contribution in [2.24, 2.45) is 7.05 Å². The molecular formula is C16H16F3N3O2. The van der Waals surface area contributed by atoms with Crippen molar-refractivity contribution in [2.75, 3.05) is 6.54 Å². The monoisotopic (exact) mass is 339 g/mol. The summed E-state index contributed by atoms with van der Waals surface area (Å²) < 4.78 is 39.5. The molecular weight excluding hydrogens is 323 g/mol. The van der Waals surface area contributed by atoms with Gasteiger partial charge >= 0.3 is 6.18 Å². The SMILES string of the molecule is Cn1nccc1C(=O)N1CC(O)CC1c1ccc(C(F)(F)F)cc1. The fourth-order valence-corrected chi connectivity index (χ4v) is 2.98. The minimum Gasteiger partial charge on any atom is -0.391 e. The van der Waals surface area contributed by atoms with Crippen molar-refractivity contribution in [2.45, 2.75) is 24.7 Å². The highest BCUT2D eigenvalue weighted by molar-refractivity contribution is 5.93. The largest absolute Gasteiger partial charge is 0.416 e. The van der Waals surface area contributed by atoms with E-state index in [0.717, 1.165) is 12.1 Å². The molecule has 1 aromatic heterocycles. The van der Waals surface area contributed by atoms with Gasteiger partial charge in [0.2, 0.25) is 0 Å². The van der Waals surface area contributed by atoms with Gasteiger partial charge in [0.15, 0.2) is 0 Å². The standard InChI is InChI=1S/C16H16F3N3O2/c1-21-13(6-7-20-21)15(24)22-9-12(23)8-14(22)10-2-4-11(5-3-10)16(17,18)19/h2-7,12,14,23H,8-9H2,1H3. The lowest BCUT2D eigenvalue weighted by Gasteiger charge is -2.25. The number of likely N-dealkylation sites (tertiary alicyclic amines) is 1. The maximum atomic E-state index is 12.7. The lowest BCUT2D eigenvalue weighted by molar-refractivity contribution is -0.137. The van der Waals surface area contributed by atoms with E-state index in [-0.39, 0.29) is 18.9 Å². The number of carbonyl (C=O) groups is 1. The van der Waals surface area contributed by atoms with Crippen LogP contribution in [-0.4, -0.2) is 38.3 Å². The van der Waals surface area contributed by atoms with Crippen molar-refractivity contribution in [1.82, 2.24) is 14.7 Å². The van der Waals surface area contributed by atoms with Crippen LogP contribution >= 0.6 is 0 Å². The third-order valence-electron chi connectivity index (χ3n) is 4.20. The number of aromatic nitrogens is 2. The third-order valence-corrected chi connectivity index (χ3v) is 4.20. The summed E-state index contributed by atoms with van der Waals surface area (Å²) in [6, 6.07) is 5.80. The lowest BCUT2D eigenvalue weighted by Crippen LogP contribution is -2.33. The van der Waals surface area contributed by atoms with Crippen molar-refractivity contribution in [3.8, 4) is 0 Å². The molecule has 1 saturated heterocycles. The van der Waals surface area contributed by atoms with Crippen LogP contribution in [0.5, 0.6) is 0 Å². The van der Waals surface area contributed by atoms with Gasteiger partial charge in [-0.05, 0) is 30.2 Å². The van der Waals surface area contributed by atoms with Crippen LogP contribution in [0.3, 0.4) is 0 Å². The number of aliphatic hydroxyl groups is 1. The molecule has 0 radical (unpaired) electrons. The first-order chi connectivity index (χ1) is 11.3. The molecule has 1 aliphatic heterocycles. The Morgan fingerprint density at radius 2 is 1.92 bits per heavy atom. The van der Waals surface area contributed by atoms with E-state index in [0.29, 0.717) is 11.3 Å². The molecule has 8 heteroatoms. The Bertz CT molecular complexity index is 740. The summed E-state index contributed by atoms with van der Waals surface area (Å²) in [7, 11) is 1.63. The molecule has 24 heavy (non-hydrogen) atoms. The first-order valence-corrected chi connectivity index (χ1v) is 7.41. The average molecular weight is 339 g/mol. The number of aliphatic hydroxyl groups excluding tert-OH is 1. The number of nitrogens with zero attached hydrogens (tertiary/aromatic N) is 3. The highest BCUT2D eigenvalue weighted by Crippen LogP contribution is 2.35. The van der Waals surface area contributed by atoms with Gasteiger partial charge in [0.25, 0.3) is 5.91 Å². The lowest BCUT2D eigenvalue weighted by atomic mass is 10.0. The number of halogens is 3. The van der Waals surface area contributed by atoms with E-state index in [1.54, 1.807) is 13.1 Å². The normalized spacial score (nSPS) is 21.3. The molecule has 2 atom stereocenters. The Morgan fingerprint density at radius 3 is 2.46 bits per heavy atom. The molecule has 0 saturated carbocycles. The molecule has 0 aliphatic carbocycles. The van der Waals surface area contributed by atoms with Gasteiger partial charge in [0.1, 0.15) is 5.69 Å². The maximum absolute atomic E-state index is 12.7. The first kappa shape index (κ1) is 16.5. The van der Waals surface area contributed by atoms with Gasteiger partial charge < -0.3 is 10.0 Å². The van der Waals surface area contributed by atoms with Gasteiger partial charge in [-0.3, -0.25) is 9.48 Å². The Labute approximate surface area is 136 Å². The molecule has 1 amide bonds. The summed E-state index contributed by atoms with van der Waals surface area (Å²) in [4.78, 5) is 14.1. The van der Waals surface area contributed by atoms with Gasteiger partial charge in [-0.1, -0.05) is 12.1 Å². The number of benzene rings is 1. The van der Waals surface area contributed by atoms with Gasteiger partial charge in [0, 0.05) is 19.8 Å². The smallest absolute Gasteiger partial charge is 0.391 e. The zero-order valence-electron chi connectivity index (χ0n) is 12.9. The van der Waals surface area contributed by atoms with Crippen LogP contribution in [-0.2, 0) is 13.2 Å². The highest BCUT2D eigenvalue weighted by Gasteiger charge is 2.37. The summed E-state index contributed by atoms with van der Waals surface area (Å²) in [6.07, 6.45) is -3.34. The minimum absolute atomic E-state index is 0.135. The van der Waals surface area contributed by atoms with Gasteiger partial charge in [-0.15, -0.1) is 0 Å². The van der Waals surface area contributed by atoms with E-state index < -0.39 is 23.9 Å². The number of amides is 1. The van der Waals surface area contributed by atoms with E-state index in [4.69, 9.17) is 0 Å². The zero-order chi connectivity index (χ0) is 17.5. The van der Waals surface area contributed by atoms with Crippen LogP contribution in [0, 0.1) is 0 Å². The van der Waals surface area contributed by atoms with Crippen LogP contribution in [0.25, 0.3) is 0 Å². The molecule has 128 valence electrons. The molecule has 1 fully saturated rings. The Morgan fingerprint density at radius 1 is 1.25 bits per heavy atom. The van der Waals surface area contributed by atoms with Crippen molar-refractivity contribution in [3.63, 3.8) is 0 Å². The van der Waals surface area contributed by atoms with Gasteiger partial charge in [-0.25, -0.2) is 0 Å². The van der Waals surface area contributed by atoms with Crippen molar-refractivity contribution >= 4 is 5.91 Å². The summed E-state index contributed by atoms with van der Waals surface area (Å²) in [5.74, 6) is -0.309. The number of aryl methyl sites for hydroxylation is 1. The van der Waals surface area contributed by atoms with E-state index in [2.05, 4.69) is 5.10 Å². The molecule has 2 unspecified atom stereocenters. The summed E-state index contributed by atoms with van der Waals surface area (Å²) in [5, 5.41) is 13.9. The molecule has 1 aliphatic rings. The molecule has 5 nitrogen and oxygen atoms in total. The van der Waals surface area contributed by atoms with Crippen LogP contribution in [0.2, 0.25) is 0 Å². The molecule has 1 N–H and O–H groups in total. The number of hydrogen-bond donors (Lipinski definition) is 1. The van der Waals surface area contributed by atoms with Crippen LogP contribution in [0.1, 0.15) is 34.1 Å². The molecule has 1 aromatic carbocycles. The Balaban J connectivity index is 1.88. The number of alkyl halides is 3. The molecule has 2 heterocycles. The second-order valence-electron chi connectivity index (χ2n) is 5.82. The predicted octanol–water partition coefficient (Wildman–Crippen LogP) is 2.39. The minimum atomic E-state index is -4.40.